The second-order valence-electron chi connectivity index (χ2n) is 13.1. The number of anilines is 1. The molecule has 0 spiro atoms. The molecule has 4 nitrogen and oxygen atoms in total. The smallest absolute Gasteiger partial charge is 0.510 e. The molecule has 0 unspecified atom stereocenters. The summed E-state index contributed by atoms with van der Waals surface area (Å²) in [5.74, 6) is 0.837. The molecule has 8 aromatic rings. The number of nitrogens with zero attached hydrogens (tertiary/aromatic N) is 4. The van der Waals surface area contributed by atoms with Gasteiger partial charge in [-0.05, 0) is 70.0 Å². The molecule has 2 aromatic heterocycles. The SMILES string of the molecule is CC(C)c1cccc(C(C)C)c1-c1cn2c3cc4ccccc4c4ccc5cc[c-]c(c5c43)c2n1.CN1C=CN(c2[c-]cccc2)[CH-]1.[Ir+3]. The topological polar surface area (TPSA) is 23.8 Å². The zero-order valence-electron chi connectivity index (χ0n) is 27.8. The Labute approximate surface area is 296 Å². The molecule has 0 saturated carbocycles. The Bertz CT molecular complexity index is 2400. The molecule has 9 rings (SSSR count). The molecule has 238 valence electrons. The van der Waals surface area contributed by atoms with Gasteiger partial charge in [-0.3, -0.25) is 4.98 Å². The summed E-state index contributed by atoms with van der Waals surface area (Å²) in [6, 6.07) is 41.1. The minimum absolute atomic E-state index is 0. The molecule has 0 fully saturated rings. The predicted octanol–water partition coefficient (Wildman–Crippen LogP) is 10.9. The van der Waals surface area contributed by atoms with Crippen molar-refractivity contribution in [1.29, 1.82) is 0 Å². The van der Waals surface area contributed by atoms with E-state index in [1.165, 1.54) is 54.5 Å². The molecule has 1 aliphatic heterocycles. The first-order chi connectivity index (χ1) is 22.9. The molecule has 0 amide bonds. The summed E-state index contributed by atoms with van der Waals surface area (Å²) in [5, 5.41) is 8.72. The first-order valence-electron chi connectivity index (χ1n) is 16.4. The first-order valence-corrected chi connectivity index (χ1v) is 16.4. The van der Waals surface area contributed by atoms with Crippen molar-refractivity contribution in [2.45, 2.75) is 39.5 Å². The number of hydrogen-bond donors (Lipinski definition) is 0. The molecule has 3 heterocycles. The van der Waals surface area contributed by atoms with Crippen molar-refractivity contribution in [3.05, 3.63) is 146 Å². The number of imidazole rings is 1. The Hall–Kier alpha value is -4.70. The molecule has 0 radical (unpaired) electrons. The maximum Gasteiger partial charge on any atom is 3.00 e. The number of pyridine rings is 1. The first kappa shape index (κ1) is 31.9. The van der Waals surface area contributed by atoms with Crippen molar-refractivity contribution >= 4 is 54.6 Å². The van der Waals surface area contributed by atoms with E-state index in [9.17, 15) is 0 Å². The van der Waals surface area contributed by atoms with Crippen molar-refractivity contribution in [2.75, 3.05) is 11.9 Å². The molecular weight excluding hydrogens is 765 g/mol. The zero-order chi connectivity index (χ0) is 32.2. The third-order valence-electron chi connectivity index (χ3n) is 9.34. The summed E-state index contributed by atoms with van der Waals surface area (Å²) >= 11 is 0. The van der Waals surface area contributed by atoms with Crippen LogP contribution in [0.25, 0.3) is 60.1 Å². The van der Waals surface area contributed by atoms with Gasteiger partial charge < -0.3 is 14.2 Å². The van der Waals surface area contributed by atoms with Crippen LogP contribution in [-0.2, 0) is 20.1 Å². The van der Waals surface area contributed by atoms with Gasteiger partial charge in [-0.1, -0.05) is 93.1 Å². The van der Waals surface area contributed by atoms with Gasteiger partial charge in [0, 0.05) is 17.3 Å². The Morgan fingerprint density at radius 2 is 1.48 bits per heavy atom. The molecule has 0 bridgehead atoms. The average molecular weight is 802 g/mol. The summed E-state index contributed by atoms with van der Waals surface area (Å²) in [6.07, 6.45) is 6.27. The third-order valence-corrected chi connectivity index (χ3v) is 9.34. The van der Waals surface area contributed by atoms with Crippen molar-refractivity contribution in [3.8, 4) is 11.3 Å². The summed E-state index contributed by atoms with van der Waals surface area (Å²) in [5.41, 5.74) is 8.30. The Morgan fingerprint density at radius 1 is 0.708 bits per heavy atom. The fourth-order valence-corrected chi connectivity index (χ4v) is 7.10. The van der Waals surface area contributed by atoms with Gasteiger partial charge in [0.2, 0.25) is 0 Å². The number of aromatic nitrogens is 2. The Morgan fingerprint density at radius 3 is 2.19 bits per heavy atom. The quantitative estimate of drug-likeness (QED) is 0.101. The van der Waals surface area contributed by atoms with E-state index in [0.29, 0.717) is 11.8 Å². The Kier molecular flexibility index (Phi) is 8.45. The van der Waals surface area contributed by atoms with E-state index in [4.69, 9.17) is 4.98 Å². The van der Waals surface area contributed by atoms with Crippen LogP contribution < -0.4 is 4.90 Å². The van der Waals surface area contributed by atoms with Gasteiger partial charge in [0.25, 0.3) is 0 Å². The molecule has 1 aliphatic rings. The van der Waals surface area contributed by atoms with E-state index >= 15 is 0 Å². The maximum absolute atomic E-state index is 5.33. The van der Waals surface area contributed by atoms with Crippen molar-refractivity contribution in [1.82, 2.24) is 14.3 Å². The van der Waals surface area contributed by atoms with Gasteiger partial charge in [-0.15, -0.1) is 29.3 Å². The van der Waals surface area contributed by atoms with Crippen LogP contribution in [0.5, 0.6) is 0 Å². The van der Waals surface area contributed by atoms with Gasteiger partial charge in [-0.25, -0.2) is 0 Å². The second-order valence-corrected chi connectivity index (χ2v) is 13.1. The van der Waals surface area contributed by atoms with E-state index in [0.717, 1.165) is 22.4 Å². The number of fused-ring (bicyclic) bond motifs is 5. The van der Waals surface area contributed by atoms with Gasteiger partial charge in [0.1, 0.15) is 0 Å². The van der Waals surface area contributed by atoms with Gasteiger partial charge >= 0.3 is 20.1 Å². The normalized spacial score (nSPS) is 13.1. The van der Waals surface area contributed by atoms with Crippen LogP contribution >= 0.6 is 0 Å². The van der Waals surface area contributed by atoms with Crippen LogP contribution in [0.15, 0.2) is 116 Å². The summed E-state index contributed by atoms with van der Waals surface area (Å²) in [6.45, 7) is 11.1. The average Bonchev–Trinajstić information content (AvgIpc) is 3.75. The monoisotopic (exact) mass is 802 g/mol. The fraction of sp³-hybridized carbons (Fsp3) is 0.163. The summed E-state index contributed by atoms with van der Waals surface area (Å²) in [4.78, 5) is 9.36. The van der Waals surface area contributed by atoms with Crippen molar-refractivity contribution in [3.63, 3.8) is 0 Å². The molecular formula is C43H37IrN4. The van der Waals surface area contributed by atoms with Crippen LogP contribution in [0.1, 0.15) is 50.7 Å². The molecule has 0 aliphatic carbocycles. The number of rotatable bonds is 4. The van der Waals surface area contributed by atoms with E-state index in [1.807, 2.05) is 66.2 Å². The van der Waals surface area contributed by atoms with Crippen LogP contribution in [0.2, 0.25) is 0 Å². The molecule has 6 aromatic carbocycles. The minimum Gasteiger partial charge on any atom is -0.510 e. The van der Waals surface area contributed by atoms with Crippen LogP contribution in [0, 0.1) is 18.8 Å². The second kappa shape index (κ2) is 12.7. The molecule has 48 heavy (non-hydrogen) atoms. The largest absolute Gasteiger partial charge is 3.00 e. The van der Waals surface area contributed by atoms with Crippen molar-refractivity contribution < 1.29 is 20.1 Å². The van der Waals surface area contributed by atoms with E-state index in [2.05, 4.69) is 117 Å². The zero-order valence-corrected chi connectivity index (χ0v) is 30.2. The summed E-state index contributed by atoms with van der Waals surface area (Å²) < 4.78 is 2.31. The molecule has 5 heteroatoms. The molecule has 0 N–H and O–H groups in total. The number of benzene rings is 6. The fourth-order valence-electron chi connectivity index (χ4n) is 7.10. The van der Waals surface area contributed by atoms with Gasteiger partial charge in [0.15, 0.2) is 0 Å². The Balaban J connectivity index is 0.000000237. The number of para-hydroxylation sites is 1. The van der Waals surface area contributed by atoms with E-state index in [1.54, 1.807) is 0 Å². The van der Waals surface area contributed by atoms with E-state index in [-0.39, 0.29) is 20.1 Å². The third kappa shape index (κ3) is 5.32. The standard InChI is InChI=1S/C33H27N2.C10H10N2.Ir/c1-19(2)23-12-8-13-24(20(3)4)31(23)28-18-35-29-17-22-9-5-6-11-25(22)26-16-15-21-10-7-14-27(33(35)34-28)30(21)32(26)29;1-11-7-8-12(9-11)10-5-3-2-4-6-10;/h5-13,15-20H,1-4H3;2-5,7-9H,1H3;/q-1;-2;+3. The minimum atomic E-state index is 0. The van der Waals surface area contributed by atoms with Crippen LogP contribution in [0.3, 0.4) is 0 Å². The van der Waals surface area contributed by atoms with Gasteiger partial charge in [-0.2, -0.15) is 37.0 Å². The molecule has 0 saturated heterocycles. The summed E-state index contributed by atoms with van der Waals surface area (Å²) in [7, 11) is 2.00. The van der Waals surface area contributed by atoms with Crippen LogP contribution in [-0.4, -0.2) is 21.3 Å². The van der Waals surface area contributed by atoms with Crippen LogP contribution in [0.4, 0.5) is 5.69 Å². The predicted molar refractivity (Wildman–Crippen MR) is 198 cm³/mol. The maximum atomic E-state index is 5.33. The van der Waals surface area contributed by atoms with E-state index < -0.39 is 0 Å². The molecule has 0 atom stereocenters. The van der Waals surface area contributed by atoms with Crippen molar-refractivity contribution in [2.24, 2.45) is 0 Å². The number of hydrogen-bond acceptors (Lipinski definition) is 3. The van der Waals surface area contributed by atoms with Gasteiger partial charge in [0.05, 0.1) is 11.3 Å².